The number of nitrogens with one attached hydrogen (secondary N) is 1. The molecule has 0 bridgehead atoms. The van der Waals surface area contributed by atoms with Crippen LogP contribution in [0.4, 0.5) is 14.8 Å². The third-order valence-electron chi connectivity index (χ3n) is 2.09. The molecule has 0 aliphatic rings. The smallest absolute Gasteiger partial charge is 0.322 e. The Balaban J connectivity index is 2.26. The number of hydrogen-bond acceptors (Lipinski definition) is 4. The number of halogens is 2. The molecule has 4 nitrogen and oxygen atoms in total. The van der Waals surface area contributed by atoms with E-state index in [1.807, 2.05) is 20.8 Å². The van der Waals surface area contributed by atoms with E-state index in [2.05, 4.69) is 15.5 Å². The molecule has 0 fully saturated rings. The highest BCUT2D eigenvalue weighted by molar-refractivity contribution is 5.55. The molecule has 1 aromatic carbocycles. The van der Waals surface area contributed by atoms with Crippen LogP contribution in [-0.4, -0.2) is 15.7 Å². The molecule has 18 heavy (non-hydrogen) atoms. The quantitative estimate of drug-likeness (QED) is 0.892. The number of rotatable bonds is 2. The van der Waals surface area contributed by atoms with Gasteiger partial charge in [-0.05, 0) is 39.0 Å². The van der Waals surface area contributed by atoms with E-state index in [1.54, 1.807) is 0 Å². The van der Waals surface area contributed by atoms with Gasteiger partial charge in [0.15, 0.2) is 11.6 Å². The van der Waals surface area contributed by atoms with Gasteiger partial charge < -0.3 is 9.84 Å². The molecular weight excluding hydrogens is 240 g/mol. The van der Waals surface area contributed by atoms with Crippen molar-refractivity contribution in [2.24, 2.45) is 0 Å². The lowest BCUT2D eigenvalue weighted by Crippen LogP contribution is -2.26. The number of benzene rings is 1. The molecule has 0 spiro atoms. The first-order chi connectivity index (χ1) is 8.35. The fourth-order valence-corrected chi connectivity index (χ4v) is 1.35. The lowest BCUT2D eigenvalue weighted by molar-refractivity contribution is 0.420. The van der Waals surface area contributed by atoms with Gasteiger partial charge in [0.25, 0.3) is 0 Å². The maximum absolute atomic E-state index is 13.1. The van der Waals surface area contributed by atoms with Gasteiger partial charge in [-0.15, -0.1) is 0 Å². The second-order valence-corrected chi connectivity index (χ2v) is 4.93. The monoisotopic (exact) mass is 253 g/mol. The predicted molar refractivity (Wildman–Crippen MR) is 63.0 cm³/mol. The van der Waals surface area contributed by atoms with Gasteiger partial charge in [-0.2, -0.15) is 4.98 Å². The maximum atomic E-state index is 13.1. The Morgan fingerprint density at radius 1 is 1.17 bits per heavy atom. The fourth-order valence-electron chi connectivity index (χ4n) is 1.35. The average molecular weight is 253 g/mol. The van der Waals surface area contributed by atoms with Crippen LogP contribution in [-0.2, 0) is 0 Å². The van der Waals surface area contributed by atoms with E-state index in [-0.39, 0.29) is 17.4 Å². The molecule has 1 aromatic heterocycles. The third-order valence-corrected chi connectivity index (χ3v) is 2.09. The van der Waals surface area contributed by atoms with Crippen molar-refractivity contribution < 1.29 is 13.3 Å². The molecule has 0 unspecified atom stereocenters. The summed E-state index contributed by atoms with van der Waals surface area (Å²) in [6, 6.07) is 3.69. The molecule has 6 heteroatoms. The summed E-state index contributed by atoms with van der Waals surface area (Å²) in [5.74, 6) is -1.64. The zero-order valence-corrected chi connectivity index (χ0v) is 10.3. The summed E-state index contributed by atoms with van der Waals surface area (Å²) in [6.07, 6.45) is 0. The van der Waals surface area contributed by atoms with E-state index in [4.69, 9.17) is 4.52 Å². The molecule has 1 N–H and O–H groups in total. The minimum atomic E-state index is -0.942. The van der Waals surface area contributed by atoms with Crippen LogP contribution in [0.25, 0.3) is 11.4 Å². The highest BCUT2D eigenvalue weighted by atomic mass is 19.2. The van der Waals surface area contributed by atoms with E-state index >= 15 is 0 Å². The van der Waals surface area contributed by atoms with E-state index in [0.717, 1.165) is 12.1 Å². The zero-order chi connectivity index (χ0) is 13.3. The molecule has 0 radical (unpaired) electrons. The Hall–Kier alpha value is -1.98. The van der Waals surface area contributed by atoms with Crippen molar-refractivity contribution >= 4 is 6.01 Å². The van der Waals surface area contributed by atoms with Crippen molar-refractivity contribution in [1.29, 1.82) is 0 Å². The minimum absolute atomic E-state index is 0.209. The molecule has 0 atom stereocenters. The first-order valence-electron chi connectivity index (χ1n) is 5.42. The number of aromatic nitrogens is 2. The van der Waals surface area contributed by atoms with E-state index < -0.39 is 11.6 Å². The van der Waals surface area contributed by atoms with Crippen LogP contribution in [0.3, 0.4) is 0 Å². The van der Waals surface area contributed by atoms with Crippen molar-refractivity contribution in [3.8, 4) is 11.4 Å². The largest absolute Gasteiger partial charge is 0.333 e. The second-order valence-electron chi connectivity index (χ2n) is 4.93. The molecule has 0 saturated heterocycles. The third kappa shape index (κ3) is 2.82. The Labute approximate surface area is 103 Å². The molecule has 0 aliphatic heterocycles. The maximum Gasteiger partial charge on any atom is 0.322 e. The summed E-state index contributed by atoms with van der Waals surface area (Å²) >= 11 is 0. The highest BCUT2D eigenvalue weighted by Gasteiger charge is 2.16. The lowest BCUT2D eigenvalue weighted by Gasteiger charge is -2.17. The molecule has 0 amide bonds. The molecule has 96 valence electrons. The number of anilines is 1. The average Bonchev–Trinajstić information content (AvgIpc) is 2.68. The van der Waals surface area contributed by atoms with Crippen molar-refractivity contribution in [1.82, 2.24) is 10.1 Å². The van der Waals surface area contributed by atoms with Crippen LogP contribution in [0.1, 0.15) is 20.8 Å². The molecule has 2 aromatic rings. The normalized spacial score (nSPS) is 11.6. The van der Waals surface area contributed by atoms with Gasteiger partial charge in [-0.25, -0.2) is 8.78 Å². The van der Waals surface area contributed by atoms with Crippen LogP contribution < -0.4 is 5.32 Å². The Morgan fingerprint density at radius 3 is 2.50 bits per heavy atom. The SMILES string of the molecule is CC(C)(C)Nc1nc(-c2ccc(F)c(F)c2)no1. The summed E-state index contributed by atoms with van der Waals surface area (Å²) in [7, 11) is 0. The van der Waals surface area contributed by atoms with Gasteiger partial charge in [0.05, 0.1) is 0 Å². The Bertz CT molecular complexity index is 561. The van der Waals surface area contributed by atoms with Crippen LogP contribution in [0, 0.1) is 11.6 Å². The van der Waals surface area contributed by atoms with Gasteiger partial charge in [-0.1, -0.05) is 5.16 Å². The topological polar surface area (TPSA) is 51.0 Å². The van der Waals surface area contributed by atoms with Crippen LogP contribution in [0.5, 0.6) is 0 Å². The van der Waals surface area contributed by atoms with Crippen molar-refractivity contribution in [3.63, 3.8) is 0 Å². The fraction of sp³-hybridized carbons (Fsp3) is 0.333. The molecule has 2 rings (SSSR count). The second kappa shape index (κ2) is 4.36. The number of hydrogen-bond donors (Lipinski definition) is 1. The van der Waals surface area contributed by atoms with Gasteiger partial charge in [0, 0.05) is 11.1 Å². The predicted octanol–water partition coefficient (Wildman–Crippen LogP) is 3.23. The first kappa shape index (κ1) is 12.5. The van der Waals surface area contributed by atoms with E-state index in [1.165, 1.54) is 6.07 Å². The van der Waals surface area contributed by atoms with Crippen molar-refractivity contribution in [3.05, 3.63) is 29.8 Å². The first-order valence-corrected chi connectivity index (χ1v) is 5.42. The molecule has 0 aliphatic carbocycles. The molecular formula is C12H13F2N3O. The van der Waals surface area contributed by atoms with Gasteiger partial charge >= 0.3 is 6.01 Å². The number of nitrogens with zero attached hydrogens (tertiary/aromatic N) is 2. The summed E-state index contributed by atoms with van der Waals surface area (Å²) < 4.78 is 30.8. The summed E-state index contributed by atoms with van der Waals surface area (Å²) in [5.41, 5.74) is 0.136. The summed E-state index contributed by atoms with van der Waals surface area (Å²) in [5, 5.41) is 6.69. The summed E-state index contributed by atoms with van der Waals surface area (Å²) in [4.78, 5) is 4.06. The lowest BCUT2D eigenvalue weighted by atomic mass is 10.1. The minimum Gasteiger partial charge on any atom is -0.333 e. The molecule has 1 heterocycles. The van der Waals surface area contributed by atoms with Crippen LogP contribution in [0.2, 0.25) is 0 Å². The zero-order valence-electron chi connectivity index (χ0n) is 10.3. The summed E-state index contributed by atoms with van der Waals surface area (Å²) in [6.45, 7) is 5.82. The Kier molecular flexibility index (Phi) is 3.02. The van der Waals surface area contributed by atoms with Crippen LogP contribution in [0.15, 0.2) is 22.7 Å². The van der Waals surface area contributed by atoms with Gasteiger partial charge in [-0.3, -0.25) is 0 Å². The van der Waals surface area contributed by atoms with Gasteiger partial charge in [0.1, 0.15) is 0 Å². The van der Waals surface area contributed by atoms with E-state index in [0.29, 0.717) is 5.56 Å². The highest BCUT2D eigenvalue weighted by Crippen LogP contribution is 2.21. The van der Waals surface area contributed by atoms with Crippen molar-refractivity contribution in [2.75, 3.05) is 5.32 Å². The van der Waals surface area contributed by atoms with Crippen molar-refractivity contribution in [2.45, 2.75) is 26.3 Å². The van der Waals surface area contributed by atoms with Crippen LogP contribution >= 0.6 is 0 Å². The standard InChI is InChI=1S/C12H13F2N3O/c1-12(2,3)16-11-15-10(17-18-11)7-4-5-8(13)9(14)6-7/h4-6H,1-3H3,(H,15,16,17). The Morgan fingerprint density at radius 2 is 1.89 bits per heavy atom. The molecule has 0 saturated carbocycles. The van der Waals surface area contributed by atoms with Gasteiger partial charge in [0.2, 0.25) is 5.82 Å². The van der Waals surface area contributed by atoms with E-state index in [9.17, 15) is 8.78 Å².